The minimum atomic E-state index is -0.941. The molecule has 2 aromatic rings. The Morgan fingerprint density at radius 1 is 1.07 bits per heavy atom. The van der Waals surface area contributed by atoms with Crippen LogP contribution in [0, 0.1) is 10.1 Å². The highest BCUT2D eigenvalue weighted by molar-refractivity contribution is 6.30. The zero-order valence-corrected chi connectivity index (χ0v) is 16.0. The number of nitrogens with zero attached hydrogens (tertiary/aromatic N) is 3. The summed E-state index contributed by atoms with van der Waals surface area (Å²) in [6.45, 7) is 0.246. The lowest BCUT2D eigenvalue weighted by molar-refractivity contribution is -0.427. The average molecular weight is 392 g/mol. The number of carbonyl (C=O) groups is 2. The van der Waals surface area contributed by atoms with Gasteiger partial charge in [-0.25, -0.2) is 4.90 Å². The van der Waals surface area contributed by atoms with Crippen LogP contribution in [0.2, 0.25) is 0 Å². The van der Waals surface area contributed by atoms with Crippen LogP contribution in [-0.4, -0.2) is 42.3 Å². The summed E-state index contributed by atoms with van der Waals surface area (Å²) in [6, 6.07) is 15.1. The highest BCUT2D eigenvalue weighted by Crippen LogP contribution is 2.38. The molecule has 0 bridgehead atoms. The lowest BCUT2D eigenvalue weighted by Crippen LogP contribution is -2.38. The van der Waals surface area contributed by atoms with E-state index in [4.69, 9.17) is 5.73 Å². The van der Waals surface area contributed by atoms with E-state index in [1.165, 1.54) is 11.0 Å². The van der Waals surface area contributed by atoms with Gasteiger partial charge in [0.15, 0.2) is 5.78 Å². The smallest absolute Gasteiger partial charge is 0.325 e. The Morgan fingerprint density at radius 3 is 2.28 bits per heavy atom. The summed E-state index contributed by atoms with van der Waals surface area (Å²) in [5.41, 5.74) is 6.74. The third-order valence-corrected chi connectivity index (χ3v) is 4.43. The minimum Gasteiger partial charge on any atom is -0.365 e. The summed E-state index contributed by atoms with van der Waals surface area (Å²) in [7, 11) is 3.58. The number of anilines is 1. The molecule has 0 radical (unpaired) electrons. The number of nitro groups is 1. The standard InChI is InChI=1S/C21H20N4O4/c1-23(2)13-24-17-11-7-6-10-15(17)16(12-18(24)25(28)29)19(21(22)27)20(26)14-8-4-3-5-9-14/h3-12H,13H2,1-2H3,(H2,22,27). The van der Waals surface area contributed by atoms with Crippen LogP contribution >= 0.6 is 0 Å². The molecule has 8 nitrogen and oxygen atoms in total. The van der Waals surface area contributed by atoms with Crippen molar-refractivity contribution in [2.45, 2.75) is 0 Å². The first-order chi connectivity index (χ1) is 13.8. The monoisotopic (exact) mass is 392 g/mol. The second kappa shape index (κ2) is 8.07. The zero-order valence-electron chi connectivity index (χ0n) is 16.0. The van der Waals surface area contributed by atoms with Gasteiger partial charge >= 0.3 is 5.82 Å². The number of ketones is 1. The van der Waals surface area contributed by atoms with E-state index in [0.717, 1.165) is 0 Å². The second-order valence-electron chi connectivity index (χ2n) is 6.77. The van der Waals surface area contributed by atoms with Gasteiger partial charge in [-0.3, -0.25) is 14.5 Å². The van der Waals surface area contributed by atoms with Crippen LogP contribution in [0.5, 0.6) is 0 Å². The van der Waals surface area contributed by atoms with Gasteiger partial charge in [-0.05, 0) is 25.1 Å². The van der Waals surface area contributed by atoms with E-state index in [1.807, 2.05) is 0 Å². The van der Waals surface area contributed by atoms with Gasteiger partial charge < -0.3 is 15.8 Å². The third-order valence-electron chi connectivity index (χ3n) is 4.43. The second-order valence-corrected chi connectivity index (χ2v) is 6.77. The topological polar surface area (TPSA) is 110 Å². The summed E-state index contributed by atoms with van der Waals surface area (Å²) in [5.74, 6) is -1.77. The van der Waals surface area contributed by atoms with Crippen LogP contribution in [0.25, 0.3) is 5.57 Å². The molecule has 2 N–H and O–H groups in total. The first-order valence-electron chi connectivity index (χ1n) is 8.83. The third kappa shape index (κ3) is 3.92. The van der Waals surface area contributed by atoms with Gasteiger partial charge in [-0.15, -0.1) is 0 Å². The first kappa shape index (κ1) is 20.0. The Kier molecular flexibility index (Phi) is 5.56. The van der Waals surface area contributed by atoms with Crippen molar-refractivity contribution >= 4 is 23.0 Å². The molecule has 1 heterocycles. The number of fused-ring (bicyclic) bond motifs is 1. The summed E-state index contributed by atoms with van der Waals surface area (Å²) >= 11 is 0. The summed E-state index contributed by atoms with van der Waals surface area (Å²) < 4.78 is 0. The molecule has 1 aliphatic rings. The van der Waals surface area contributed by atoms with Crippen LogP contribution in [-0.2, 0) is 4.79 Å². The van der Waals surface area contributed by atoms with Crippen molar-refractivity contribution in [2.75, 3.05) is 25.7 Å². The number of hydrogen-bond donors (Lipinski definition) is 1. The van der Waals surface area contributed by atoms with Crippen molar-refractivity contribution in [3.8, 4) is 0 Å². The van der Waals surface area contributed by atoms with Crippen LogP contribution in [0.3, 0.4) is 0 Å². The highest BCUT2D eigenvalue weighted by Gasteiger charge is 2.35. The minimum absolute atomic E-state index is 0.142. The normalized spacial score (nSPS) is 14.9. The van der Waals surface area contributed by atoms with Gasteiger partial charge in [0, 0.05) is 22.8 Å². The maximum atomic E-state index is 13.1. The molecule has 0 atom stereocenters. The highest BCUT2D eigenvalue weighted by atomic mass is 16.6. The maximum Gasteiger partial charge on any atom is 0.325 e. The van der Waals surface area contributed by atoms with Crippen LogP contribution in [0.4, 0.5) is 5.69 Å². The van der Waals surface area contributed by atoms with E-state index in [1.54, 1.807) is 73.6 Å². The fourth-order valence-electron chi connectivity index (χ4n) is 3.24. The molecule has 0 spiro atoms. The molecule has 0 saturated carbocycles. The lowest BCUT2D eigenvalue weighted by atomic mass is 9.90. The van der Waals surface area contributed by atoms with Gasteiger partial charge in [0.05, 0.1) is 5.57 Å². The van der Waals surface area contributed by atoms with Crippen molar-refractivity contribution in [3.05, 3.63) is 93.3 Å². The van der Waals surface area contributed by atoms with Crippen molar-refractivity contribution in [3.63, 3.8) is 0 Å². The number of nitrogens with two attached hydrogens (primary N) is 1. The Hall–Kier alpha value is -3.78. The number of hydrogen-bond acceptors (Lipinski definition) is 6. The van der Waals surface area contributed by atoms with Gasteiger partial charge in [0.25, 0.3) is 5.91 Å². The molecule has 0 aliphatic carbocycles. The number of allylic oxidation sites excluding steroid dienone is 2. The van der Waals surface area contributed by atoms with Crippen LogP contribution in [0.1, 0.15) is 15.9 Å². The average Bonchev–Trinajstić information content (AvgIpc) is 2.69. The van der Waals surface area contributed by atoms with Crippen LogP contribution < -0.4 is 10.6 Å². The lowest BCUT2D eigenvalue weighted by Gasteiger charge is -2.28. The number of carbonyl (C=O) groups excluding carboxylic acids is 2. The first-order valence-corrected chi connectivity index (χ1v) is 8.83. The van der Waals surface area contributed by atoms with Crippen LogP contribution in [0.15, 0.2) is 72.1 Å². The number of amides is 1. The molecule has 29 heavy (non-hydrogen) atoms. The number of para-hydroxylation sites is 1. The van der Waals surface area contributed by atoms with Gasteiger partial charge in [-0.1, -0.05) is 48.5 Å². The van der Waals surface area contributed by atoms with Crippen molar-refractivity contribution in [2.24, 2.45) is 5.73 Å². The quantitative estimate of drug-likeness (QED) is 0.202. The predicted octanol–water partition coefficient (Wildman–Crippen LogP) is 2.27. The Morgan fingerprint density at radius 2 is 1.69 bits per heavy atom. The SMILES string of the molecule is CN(C)CN1C([N+](=O)[O-])=CC(=C(C(N)=O)C(=O)c2ccccc2)c2ccccc21. The molecule has 3 rings (SSSR count). The van der Waals surface area contributed by atoms with E-state index in [0.29, 0.717) is 11.3 Å². The molecule has 2 aromatic carbocycles. The number of benzene rings is 2. The molecule has 0 unspecified atom stereocenters. The van der Waals surface area contributed by atoms with Crippen molar-refractivity contribution in [1.29, 1.82) is 0 Å². The summed E-state index contributed by atoms with van der Waals surface area (Å²) in [6.07, 6.45) is 1.24. The van der Waals surface area contributed by atoms with Crippen molar-refractivity contribution in [1.82, 2.24) is 4.90 Å². The predicted molar refractivity (Wildman–Crippen MR) is 109 cm³/mol. The Bertz CT molecular complexity index is 1040. The fourth-order valence-corrected chi connectivity index (χ4v) is 3.24. The van der Waals surface area contributed by atoms with E-state index in [2.05, 4.69) is 0 Å². The molecule has 1 aliphatic heterocycles. The summed E-state index contributed by atoms with van der Waals surface area (Å²) in [5, 5.41) is 11.8. The van der Waals surface area contributed by atoms with Gasteiger partial charge in [0.2, 0.25) is 0 Å². The molecular weight excluding hydrogens is 372 g/mol. The van der Waals surface area contributed by atoms with E-state index in [-0.39, 0.29) is 29.2 Å². The largest absolute Gasteiger partial charge is 0.365 e. The number of rotatable bonds is 6. The molecule has 8 heteroatoms. The zero-order chi connectivity index (χ0) is 21.1. The molecule has 0 aromatic heterocycles. The van der Waals surface area contributed by atoms with E-state index in [9.17, 15) is 19.7 Å². The molecule has 1 amide bonds. The maximum absolute atomic E-state index is 13.1. The molecule has 0 fully saturated rings. The molecule has 0 saturated heterocycles. The number of primary amides is 1. The fraction of sp³-hybridized carbons (Fsp3) is 0.143. The molecule has 148 valence electrons. The Balaban J connectivity index is 2.30. The number of Topliss-reactive ketones (excluding diaryl/α,β-unsaturated/α-hetero) is 1. The molecular formula is C21H20N4O4. The van der Waals surface area contributed by atoms with E-state index < -0.39 is 16.6 Å². The van der Waals surface area contributed by atoms with E-state index >= 15 is 0 Å². The Labute approximate surface area is 167 Å². The summed E-state index contributed by atoms with van der Waals surface area (Å²) in [4.78, 5) is 39.9. The van der Waals surface area contributed by atoms with Gasteiger partial charge in [-0.2, -0.15) is 0 Å². The van der Waals surface area contributed by atoms with Crippen molar-refractivity contribution < 1.29 is 14.5 Å². The van der Waals surface area contributed by atoms with Gasteiger partial charge in [0.1, 0.15) is 12.4 Å².